The Morgan fingerprint density at radius 3 is 2.26 bits per heavy atom. The number of hydrogen-bond donors (Lipinski definition) is 1. The van der Waals surface area contributed by atoms with Crippen molar-refractivity contribution < 1.29 is 19.1 Å². The Kier molecular flexibility index (Phi) is 14.0. The summed E-state index contributed by atoms with van der Waals surface area (Å²) >= 11 is 0. The lowest BCUT2D eigenvalue weighted by Gasteiger charge is -2.15. The minimum atomic E-state index is -0.755. The topological polar surface area (TPSA) is 64.6 Å². The molecule has 0 aromatic rings. The Labute approximate surface area is 140 Å². The van der Waals surface area contributed by atoms with Gasteiger partial charge in [-0.2, -0.15) is 0 Å². The largest absolute Gasteiger partial charge is 0.464 e. The molecule has 1 N–H and O–H groups in total. The first-order valence-corrected chi connectivity index (χ1v) is 8.47. The zero-order valence-electron chi connectivity index (χ0n) is 14.4. The average Bonchev–Trinajstić information content (AvgIpc) is 2.54. The molecule has 0 aromatic carbocycles. The van der Waals surface area contributed by atoms with Gasteiger partial charge < -0.3 is 14.8 Å². The molecule has 0 fully saturated rings. The number of carbonyl (C=O) groups excluding carboxylic acids is 2. The quantitative estimate of drug-likeness (QED) is 0.296. The van der Waals surface area contributed by atoms with Gasteiger partial charge in [0.15, 0.2) is 0 Å². The van der Waals surface area contributed by atoms with E-state index in [4.69, 9.17) is 9.47 Å². The maximum atomic E-state index is 12.0. The Bertz CT molecular complexity index is 355. The predicted molar refractivity (Wildman–Crippen MR) is 92.2 cm³/mol. The van der Waals surface area contributed by atoms with Crippen LogP contribution in [0.15, 0.2) is 25.3 Å². The molecule has 1 unspecified atom stereocenters. The van der Waals surface area contributed by atoms with Gasteiger partial charge in [-0.25, -0.2) is 9.59 Å². The molecular weight excluding hydrogens is 294 g/mol. The van der Waals surface area contributed by atoms with Gasteiger partial charge in [-0.05, 0) is 12.8 Å². The Morgan fingerprint density at radius 1 is 1.00 bits per heavy atom. The molecule has 0 spiro atoms. The molecule has 1 atom stereocenters. The van der Waals surface area contributed by atoms with Gasteiger partial charge >= 0.3 is 12.1 Å². The second-order valence-electron chi connectivity index (χ2n) is 5.40. The molecule has 0 aliphatic rings. The molecule has 0 aromatic heterocycles. The summed E-state index contributed by atoms with van der Waals surface area (Å²) in [5, 5.41) is 2.47. The number of carbonyl (C=O) groups is 2. The fraction of sp³-hybridized carbons (Fsp3) is 0.667. The van der Waals surface area contributed by atoms with Crippen molar-refractivity contribution in [2.45, 2.75) is 64.3 Å². The van der Waals surface area contributed by atoms with E-state index in [0.29, 0.717) is 13.0 Å². The first kappa shape index (κ1) is 21.2. The van der Waals surface area contributed by atoms with E-state index in [0.717, 1.165) is 12.8 Å². The third-order valence-corrected chi connectivity index (χ3v) is 3.30. The van der Waals surface area contributed by atoms with Gasteiger partial charge in [0.05, 0.1) is 6.61 Å². The molecule has 0 saturated heterocycles. The van der Waals surface area contributed by atoms with E-state index in [1.54, 1.807) is 6.08 Å². The van der Waals surface area contributed by atoms with Gasteiger partial charge in [0.25, 0.3) is 0 Å². The van der Waals surface area contributed by atoms with Gasteiger partial charge in [-0.3, -0.25) is 0 Å². The van der Waals surface area contributed by atoms with E-state index in [1.165, 1.54) is 38.2 Å². The van der Waals surface area contributed by atoms with E-state index < -0.39 is 18.1 Å². The fourth-order valence-corrected chi connectivity index (χ4v) is 2.03. The maximum absolute atomic E-state index is 12.0. The smallest absolute Gasteiger partial charge is 0.408 e. The first-order chi connectivity index (χ1) is 11.2. The number of unbranched alkanes of at least 4 members (excludes halogenated alkanes) is 6. The van der Waals surface area contributed by atoms with Crippen molar-refractivity contribution in [3.05, 3.63) is 25.3 Å². The standard InChI is InChI=1S/C18H31NO4/c1-4-7-8-9-10-11-12-15-22-17(20)16(13-5-2)19-18(21)23-14-6-3/h5-6,16H,2-4,7-15H2,1H3,(H,19,21). The molecule has 1 amide bonds. The van der Waals surface area contributed by atoms with Crippen LogP contribution in [0.2, 0.25) is 0 Å². The van der Waals surface area contributed by atoms with Crippen LogP contribution in [0, 0.1) is 0 Å². The lowest BCUT2D eigenvalue weighted by atomic mass is 10.1. The number of rotatable bonds is 14. The first-order valence-electron chi connectivity index (χ1n) is 8.47. The minimum absolute atomic E-state index is 0.0969. The fourth-order valence-electron chi connectivity index (χ4n) is 2.03. The van der Waals surface area contributed by atoms with Crippen molar-refractivity contribution in [3.8, 4) is 0 Å². The number of nitrogens with one attached hydrogen (secondary N) is 1. The van der Waals surface area contributed by atoms with Crippen LogP contribution in [0.1, 0.15) is 58.3 Å². The summed E-state index contributed by atoms with van der Waals surface area (Å²) in [5.74, 6) is -0.452. The molecular formula is C18H31NO4. The number of ether oxygens (including phenoxy) is 2. The number of hydrogen-bond acceptors (Lipinski definition) is 4. The molecule has 0 bridgehead atoms. The molecule has 5 nitrogen and oxygen atoms in total. The average molecular weight is 325 g/mol. The third-order valence-electron chi connectivity index (χ3n) is 3.30. The van der Waals surface area contributed by atoms with Crippen LogP contribution in [0.3, 0.4) is 0 Å². The number of alkyl carbamates (subject to hydrolysis) is 1. The summed E-state index contributed by atoms with van der Waals surface area (Å²) < 4.78 is 10.0. The van der Waals surface area contributed by atoms with Crippen molar-refractivity contribution in [2.75, 3.05) is 13.2 Å². The monoisotopic (exact) mass is 325 g/mol. The van der Waals surface area contributed by atoms with E-state index in [2.05, 4.69) is 25.4 Å². The summed E-state index contributed by atoms with van der Waals surface area (Å²) in [4.78, 5) is 23.4. The highest BCUT2D eigenvalue weighted by atomic mass is 16.6. The summed E-state index contributed by atoms with van der Waals surface area (Å²) in [7, 11) is 0. The Balaban J connectivity index is 3.90. The van der Waals surface area contributed by atoms with E-state index in [1.807, 2.05) is 0 Å². The minimum Gasteiger partial charge on any atom is -0.464 e. The highest BCUT2D eigenvalue weighted by Gasteiger charge is 2.21. The Hall–Kier alpha value is -1.78. The molecule has 5 heteroatoms. The summed E-state index contributed by atoms with van der Waals surface area (Å²) in [6.07, 6.45) is 10.8. The molecule has 0 rings (SSSR count). The lowest BCUT2D eigenvalue weighted by Crippen LogP contribution is -2.42. The molecule has 0 aliphatic carbocycles. The second-order valence-corrected chi connectivity index (χ2v) is 5.40. The highest BCUT2D eigenvalue weighted by molar-refractivity contribution is 5.81. The molecule has 23 heavy (non-hydrogen) atoms. The highest BCUT2D eigenvalue weighted by Crippen LogP contribution is 2.07. The van der Waals surface area contributed by atoms with Crippen LogP contribution in [0.4, 0.5) is 4.79 Å². The summed E-state index contributed by atoms with van der Waals surface area (Å²) in [6.45, 7) is 9.70. The van der Waals surface area contributed by atoms with Gasteiger partial charge in [-0.15, -0.1) is 6.58 Å². The van der Waals surface area contributed by atoms with Crippen molar-refractivity contribution in [2.24, 2.45) is 0 Å². The Morgan fingerprint density at radius 2 is 1.65 bits per heavy atom. The van der Waals surface area contributed by atoms with Gasteiger partial charge in [0.1, 0.15) is 12.6 Å². The third kappa shape index (κ3) is 12.4. The number of amides is 1. The van der Waals surface area contributed by atoms with Crippen LogP contribution < -0.4 is 5.32 Å². The van der Waals surface area contributed by atoms with E-state index in [-0.39, 0.29) is 6.61 Å². The second kappa shape index (κ2) is 15.1. The zero-order valence-corrected chi connectivity index (χ0v) is 14.4. The summed E-state index contributed by atoms with van der Waals surface area (Å²) in [5.41, 5.74) is 0. The van der Waals surface area contributed by atoms with Crippen LogP contribution >= 0.6 is 0 Å². The van der Waals surface area contributed by atoms with Crippen LogP contribution in [0.5, 0.6) is 0 Å². The normalized spacial score (nSPS) is 11.3. The molecule has 0 saturated carbocycles. The summed E-state index contributed by atoms with van der Waals surface area (Å²) in [6, 6.07) is -0.755. The van der Waals surface area contributed by atoms with Crippen molar-refractivity contribution in [1.29, 1.82) is 0 Å². The van der Waals surface area contributed by atoms with E-state index >= 15 is 0 Å². The SMILES string of the molecule is C=CCOC(=O)NC(CC=C)C(=O)OCCCCCCCCC. The molecule has 0 radical (unpaired) electrons. The molecule has 132 valence electrons. The predicted octanol–water partition coefficient (Wildman–Crippen LogP) is 4.14. The van der Waals surface area contributed by atoms with Crippen molar-refractivity contribution >= 4 is 12.1 Å². The molecule has 0 aliphatic heterocycles. The van der Waals surface area contributed by atoms with Gasteiger partial charge in [0, 0.05) is 0 Å². The van der Waals surface area contributed by atoms with Gasteiger partial charge in [0.2, 0.25) is 0 Å². The number of esters is 1. The lowest BCUT2D eigenvalue weighted by molar-refractivity contribution is -0.146. The van der Waals surface area contributed by atoms with Crippen LogP contribution in [-0.2, 0) is 14.3 Å². The van der Waals surface area contributed by atoms with Gasteiger partial charge in [-0.1, -0.05) is 64.2 Å². The zero-order chi connectivity index (χ0) is 17.3. The van der Waals surface area contributed by atoms with Crippen molar-refractivity contribution in [3.63, 3.8) is 0 Å². The van der Waals surface area contributed by atoms with Crippen molar-refractivity contribution in [1.82, 2.24) is 5.32 Å². The van der Waals surface area contributed by atoms with Crippen LogP contribution in [-0.4, -0.2) is 31.3 Å². The molecule has 0 heterocycles. The van der Waals surface area contributed by atoms with Crippen LogP contribution in [0.25, 0.3) is 0 Å². The maximum Gasteiger partial charge on any atom is 0.408 e. The van der Waals surface area contributed by atoms with E-state index in [9.17, 15) is 9.59 Å².